The van der Waals surface area contributed by atoms with E-state index in [9.17, 15) is 14.0 Å². The van der Waals surface area contributed by atoms with E-state index < -0.39 is 6.04 Å². The number of piperidine rings is 1. The van der Waals surface area contributed by atoms with Crippen molar-refractivity contribution in [1.82, 2.24) is 15.1 Å². The second-order valence-electron chi connectivity index (χ2n) is 8.63. The van der Waals surface area contributed by atoms with E-state index in [4.69, 9.17) is 4.74 Å². The van der Waals surface area contributed by atoms with Gasteiger partial charge in [-0.1, -0.05) is 42.5 Å². The summed E-state index contributed by atoms with van der Waals surface area (Å²) in [6.45, 7) is 3.81. The second kappa shape index (κ2) is 10.7. The van der Waals surface area contributed by atoms with Crippen molar-refractivity contribution in [2.24, 2.45) is 5.92 Å². The van der Waals surface area contributed by atoms with Crippen LogP contribution in [0.5, 0.6) is 0 Å². The second-order valence-corrected chi connectivity index (χ2v) is 8.63. The first kappa shape index (κ1) is 22.4. The Bertz CT molecular complexity index is 916. The van der Waals surface area contributed by atoms with Crippen molar-refractivity contribution in [2.45, 2.75) is 32.0 Å². The number of hydrogen-bond donors (Lipinski definition) is 1. The predicted octanol–water partition coefficient (Wildman–Crippen LogP) is 2.58. The van der Waals surface area contributed by atoms with Crippen LogP contribution in [0.25, 0.3) is 0 Å². The number of morpholine rings is 1. The molecule has 0 spiro atoms. The van der Waals surface area contributed by atoms with Gasteiger partial charge < -0.3 is 15.0 Å². The first-order valence-corrected chi connectivity index (χ1v) is 11.2. The van der Waals surface area contributed by atoms with E-state index in [2.05, 4.69) is 10.2 Å². The Balaban J connectivity index is 1.25. The summed E-state index contributed by atoms with van der Waals surface area (Å²) in [5.41, 5.74) is 1.98. The molecule has 2 aliphatic heterocycles. The SMILES string of the molecule is O=C(NCC1CCN(Cc2cccc(F)c2)CC1)[C@@H]1COCC(=O)N1Cc1ccccc1. The van der Waals surface area contributed by atoms with Crippen molar-refractivity contribution in [3.63, 3.8) is 0 Å². The van der Waals surface area contributed by atoms with Gasteiger partial charge in [-0.2, -0.15) is 0 Å². The molecule has 7 heteroatoms. The molecule has 2 amide bonds. The van der Waals surface area contributed by atoms with Crippen molar-refractivity contribution >= 4 is 11.8 Å². The lowest BCUT2D eigenvalue weighted by Crippen LogP contribution is -2.56. The Morgan fingerprint density at radius 1 is 1.03 bits per heavy atom. The lowest BCUT2D eigenvalue weighted by atomic mass is 9.96. The van der Waals surface area contributed by atoms with Gasteiger partial charge in [0, 0.05) is 19.6 Å². The van der Waals surface area contributed by atoms with E-state index in [1.54, 1.807) is 17.0 Å². The summed E-state index contributed by atoms with van der Waals surface area (Å²) >= 11 is 0. The minimum absolute atomic E-state index is 0.0143. The van der Waals surface area contributed by atoms with Gasteiger partial charge >= 0.3 is 0 Å². The summed E-state index contributed by atoms with van der Waals surface area (Å²) in [4.78, 5) is 29.3. The lowest BCUT2D eigenvalue weighted by molar-refractivity contribution is -0.155. The van der Waals surface area contributed by atoms with E-state index in [0.717, 1.165) is 43.6 Å². The average molecular weight is 440 g/mol. The number of likely N-dealkylation sites (tertiary alicyclic amines) is 1. The zero-order valence-electron chi connectivity index (χ0n) is 18.2. The van der Waals surface area contributed by atoms with Crippen LogP contribution >= 0.6 is 0 Å². The molecule has 0 bridgehead atoms. The van der Waals surface area contributed by atoms with Crippen LogP contribution < -0.4 is 5.32 Å². The standard InChI is InChI=1S/C25H30FN3O3/c26-22-8-4-7-21(13-22)15-28-11-9-19(10-12-28)14-27-25(31)23-17-32-18-24(30)29(23)16-20-5-2-1-3-6-20/h1-8,13,19,23H,9-12,14-18H2,(H,27,31)/t23-/m0/s1. The number of nitrogens with one attached hydrogen (secondary N) is 1. The van der Waals surface area contributed by atoms with Gasteiger partial charge in [0.05, 0.1) is 6.61 Å². The fourth-order valence-electron chi connectivity index (χ4n) is 4.41. The number of carbonyl (C=O) groups excluding carboxylic acids is 2. The maximum Gasteiger partial charge on any atom is 0.249 e. The topological polar surface area (TPSA) is 61.9 Å². The molecule has 2 saturated heterocycles. The Labute approximate surface area is 188 Å². The third-order valence-electron chi connectivity index (χ3n) is 6.26. The molecule has 6 nitrogen and oxygen atoms in total. The van der Waals surface area contributed by atoms with Gasteiger partial charge in [0.1, 0.15) is 18.5 Å². The summed E-state index contributed by atoms with van der Waals surface area (Å²) < 4.78 is 18.8. The number of nitrogens with zero attached hydrogens (tertiary/aromatic N) is 2. The van der Waals surface area contributed by atoms with E-state index in [0.29, 0.717) is 19.0 Å². The first-order chi connectivity index (χ1) is 15.6. The molecule has 0 unspecified atom stereocenters. The molecule has 1 atom stereocenters. The molecular weight excluding hydrogens is 409 g/mol. The van der Waals surface area contributed by atoms with Gasteiger partial charge in [0.2, 0.25) is 11.8 Å². The molecule has 32 heavy (non-hydrogen) atoms. The minimum Gasteiger partial charge on any atom is -0.369 e. The Kier molecular flexibility index (Phi) is 7.50. The highest BCUT2D eigenvalue weighted by Crippen LogP contribution is 2.19. The van der Waals surface area contributed by atoms with Crippen LogP contribution in [0.3, 0.4) is 0 Å². The molecule has 2 heterocycles. The maximum atomic E-state index is 13.4. The summed E-state index contributed by atoms with van der Waals surface area (Å²) in [5, 5.41) is 3.05. The number of amides is 2. The van der Waals surface area contributed by atoms with E-state index in [1.807, 2.05) is 36.4 Å². The summed E-state index contributed by atoms with van der Waals surface area (Å²) in [6.07, 6.45) is 1.95. The van der Waals surface area contributed by atoms with Crippen LogP contribution in [0.2, 0.25) is 0 Å². The fourth-order valence-corrected chi connectivity index (χ4v) is 4.41. The predicted molar refractivity (Wildman–Crippen MR) is 119 cm³/mol. The molecular formula is C25H30FN3O3. The molecule has 0 aromatic heterocycles. The third kappa shape index (κ3) is 5.93. The smallest absolute Gasteiger partial charge is 0.249 e. The van der Waals surface area contributed by atoms with Gasteiger partial charge in [-0.05, 0) is 55.1 Å². The van der Waals surface area contributed by atoms with E-state index in [1.165, 1.54) is 6.07 Å². The molecule has 170 valence electrons. The van der Waals surface area contributed by atoms with Gasteiger partial charge in [0.25, 0.3) is 0 Å². The first-order valence-electron chi connectivity index (χ1n) is 11.2. The minimum atomic E-state index is -0.607. The van der Waals surface area contributed by atoms with Crippen LogP contribution in [0.15, 0.2) is 54.6 Å². The van der Waals surface area contributed by atoms with Crippen molar-refractivity contribution in [1.29, 1.82) is 0 Å². The number of benzene rings is 2. The maximum absolute atomic E-state index is 13.4. The highest BCUT2D eigenvalue weighted by atomic mass is 19.1. The van der Waals surface area contributed by atoms with Gasteiger partial charge in [-0.25, -0.2) is 4.39 Å². The molecule has 2 fully saturated rings. The molecule has 0 aliphatic carbocycles. The summed E-state index contributed by atoms with van der Waals surface area (Å²) in [7, 11) is 0. The van der Waals surface area contributed by atoms with Crippen molar-refractivity contribution < 1.29 is 18.7 Å². The van der Waals surface area contributed by atoms with Gasteiger partial charge in [-0.3, -0.25) is 14.5 Å². The zero-order chi connectivity index (χ0) is 22.3. The highest BCUT2D eigenvalue weighted by molar-refractivity contribution is 5.89. The van der Waals surface area contributed by atoms with Crippen molar-refractivity contribution in [3.05, 3.63) is 71.5 Å². The average Bonchev–Trinajstić information content (AvgIpc) is 2.80. The van der Waals surface area contributed by atoms with Gasteiger partial charge in [-0.15, -0.1) is 0 Å². The van der Waals surface area contributed by atoms with Gasteiger partial charge in [0.15, 0.2) is 0 Å². The monoisotopic (exact) mass is 439 g/mol. The highest BCUT2D eigenvalue weighted by Gasteiger charge is 2.34. The van der Waals surface area contributed by atoms with Crippen molar-refractivity contribution in [3.8, 4) is 0 Å². The number of hydrogen-bond acceptors (Lipinski definition) is 4. The van der Waals surface area contributed by atoms with Crippen LogP contribution in [-0.4, -0.2) is 60.5 Å². The molecule has 4 rings (SSSR count). The molecule has 2 aromatic rings. The number of carbonyl (C=O) groups is 2. The number of ether oxygens (including phenoxy) is 1. The molecule has 1 N–H and O–H groups in total. The summed E-state index contributed by atoms with van der Waals surface area (Å²) in [5.74, 6) is -0.126. The number of halogens is 1. The molecule has 2 aromatic carbocycles. The Morgan fingerprint density at radius 2 is 1.78 bits per heavy atom. The molecule has 2 aliphatic rings. The van der Waals surface area contributed by atoms with Crippen molar-refractivity contribution in [2.75, 3.05) is 32.8 Å². The molecule has 0 saturated carbocycles. The van der Waals surface area contributed by atoms with Crippen LogP contribution in [-0.2, 0) is 27.4 Å². The van der Waals surface area contributed by atoms with E-state index >= 15 is 0 Å². The zero-order valence-corrected chi connectivity index (χ0v) is 18.2. The van der Waals surface area contributed by atoms with Crippen LogP contribution in [0.1, 0.15) is 24.0 Å². The summed E-state index contributed by atoms with van der Waals surface area (Å²) in [6, 6.07) is 15.8. The van der Waals surface area contributed by atoms with Crippen LogP contribution in [0.4, 0.5) is 4.39 Å². The normalized spacial score (nSPS) is 20.3. The van der Waals surface area contributed by atoms with E-state index in [-0.39, 0.29) is 30.8 Å². The Hall–Kier alpha value is -2.77. The largest absolute Gasteiger partial charge is 0.369 e. The lowest BCUT2D eigenvalue weighted by Gasteiger charge is -2.35. The Morgan fingerprint density at radius 3 is 2.53 bits per heavy atom. The fraction of sp³-hybridized carbons (Fsp3) is 0.440. The number of rotatable bonds is 7. The van der Waals surface area contributed by atoms with Crippen LogP contribution in [0, 0.1) is 11.7 Å². The molecule has 0 radical (unpaired) electrons. The quantitative estimate of drug-likeness (QED) is 0.721. The third-order valence-corrected chi connectivity index (χ3v) is 6.26.